The van der Waals surface area contributed by atoms with Crippen LogP contribution in [0.25, 0.3) is 0 Å². The second-order valence-electron chi connectivity index (χ2n) is 3.38. The number of ether oxygens (including phenoxy) is 2. The van der Waals surface area contributed by atoms with Gasteiger partial charge in [0.25, 0.3) is 0 Å². The fraction of sp³-hybridized carbons (Fsp3) is 0.727. The quantitative estimate of drug-likeness (QED) is 0.373. The molecule has 0 unspecified atom stereocenters. The zero-order valence-electron chi connectivity index (χ0n) is 9.29. The van der Waals surface area contributed by atoms with E-state index in [0.717, 1.165) is 12.8 Å². The third-order valence-electron chi connectivity index (χ3n) is 2.21. The van der Waals surface area contributed by atoms with E-state index >= 15 is 0 Å². The van der Waals surface area contributed by atoms with Crippen LogP contribution in [0.15, 0.2) is 12.5 Å². The van der Waals surface area contributed by atoms with Gasteiger partial charge in [-0.2, -0.15) is 6.42 Å². The fourth-order valence-corrected chi connectivity index (χ4v) is 1.43. The van der Waals surface area contributed by atoms with Crippen LogP contribution in [0, 0.1) is 6.92 Å². The predicted octanol–water partition coefficient (Wildman–Crippen LogP) is 0.0185. The van der Waals surface area contributed by atoms with Gasteiger partial charge >= 0.3 is 23.1 Å². The molecule has 1 aliphatic heterocycles. The molecule has 0 aromatic heterocycles. The molecule has 1 aliphatic rings. The first-order chi connectivity index (χ1) is 6.43. The van der Waals surface area contributed by atoms with Crippen molar-refractivity contribution in [1.29, 1.82) is 0 Å². The first kappa shape index (κ1) is 18.0. The van der Waals surface area contributed by atoms with E-state index in [-0.39, 0.29) is 46.3 Å². The van der Waals surface area contributed by atoms with E-state index in [1.807, 2.05) is 0 Å². The topological polar surface area (TPSA) is 18.5 Å². The van der Waals surface area contributed by atoms with Gasteiger partial charge in [-0.05, 0) is 6.42 Å². The average molecular weight is 287 g/mol. The zero-order chi connectivity index (χ0) is 9.36. The van der Waals surface area contributed by atoms with Gasteiger partial charge in [0.2, 0.25) is 6.29 Å². The van der Waals surface area contributed by atoms with Gasteiger partial charge in [-0.3, -0.25) is 0 Å². The molecule has 0 aromatic carbocycles. The first-order valence-corrected chi connectivity index (χ1v) is 5.18. The average Bonchev–Trinajstić information content (AvgIpc) is 2.63. The van der Waals surface area contributed by atoms with Crippen LogP contribution in [0.2, 0.25) is 0 Å². The van der Waals surface area contributed by atoms with Crippen LogP contribution < -0.4 is 17.0 Å². The molecule has 2 nitrogen and oxygen atoms in total. The van der Waals surface area contributed by atoms with Crippen LogP contribution in [0.4, 0.5) is 0 Å². The molecule has 0 saturated carbocycles. The second-order valence-corrected chi connectivity index (χ2v) is 3.38. The molecule has 0 amide bonds. The molecule has 0 fully saturated rings. The van der Waals surface area contributed by atoms with Crippen LogP contribution in [0.3, 0.4) is 0 Å². The van der Waals surface area contributed by atoms with Crippen LogP contribution in [0.5, 0.6) is 0 Å². The maximum Gasteiger partial charge on any atom is 2.00 e. The van der Waals surface area contributed by atoms with Crippen molar-refractivity contribution in [2.24, 2.45) is 0 Å². The molecule has 0 atom stereocenters. The van der Waals surface area contributed by atoms with Gasteiger partial charge in [0.15, 0.2) is 0 Å². The van der Waals surface area contributed by atoms with E-state index < -0.39 is 0 Å². The minimum Gasteiger partial charge on any atom is -1.00 e. The maximum absolute atomic E-state index is 5.17. The molecule has 0 bridgehead atoms. The van der Waals surface area contributed by atoms with Gasteiger partial charge in [-0.1, -0.05) is 25.7 Å². The van der Waals surface area contributed by atoms with Crippen molar-refractivity contribution in [2.75, 3.05) is 0 Å². The smallest absolute Gasteiger partial charge is 1.00 e. The molecule has 0 saturated heterocycles. The van der Waals surface area contributed by atoms with Crippen LogP contribution in [-0.4, -0.2) is 29.3 Å². The van der Waals surface area contributed by atoms with E-state index in [4.69, 9.17) is 9.47 Å². The molecule has 15 heavy (non-hydrogen) atoms. The Labute approximate surface area is 120 Å². The summed E-state index contributed by atoms with van der Waals surface area (Å²) in [5, 5.41) is 0. The Morgan fingerprint density at radius 3 is 2.07 bits per heavy atom. The second kappa shape index (κ2) is 12.7. The van der Waals surface area contributed by atoms with Gasteiger partial charge in [-0.25, -0.2) is 0 Å². The van der Waals surface area contributed by atoms with Crippen molar-refractivity contribution >= 4 is 23.1 Å². The van der Waals surface area contributed by atoms with E-state index in [9.17, 15) is 0 Å². The molecule has 0 N–H and O–H groups in total. The van der Waals surface area contributed by atoms with E-state index in [1.54, 1.807) is 12.5 Å². The van der Waals surface area contributed by atoms with Crippen LogP contribution >= 0.6 is 0 Å². The normalized spacial score (nSPS) is 13.7. The third-order valence-corrected chi connectivity index (χ3v) is 2.21. The summed E-state index contributed by atoms with van der Waals surface area (Å²) in [6.45, 7) is 3.82. The molecule has 0 radical (unpaired) electrons. The van der Waals surface area contributed by atoms with Gasteiger partial charge in [0, 0.05) is 6.42 Å². The van der Waals surface area contributed by atoms with Gasteiger partial charge in [0.1, 0.15) is 12.5 Å². The number of rotatable bonds is 7. The third kappa shape index (κ3) is 9.51. The first-order valence-electron chi connectivity index (χ1n) is 5.18. The molecule has 0 spiro atoms. The number of hydrogen-bond donors (Lipinski definition) is 0. The predicted molar refractivity (Wildman–Crippen MR) is 58.5 cm³/mol. The molecular weight excluding hydrogens is 268 g/mol. The molecule has 0 aromatic rings. The molecule has 1 rings (SSSR count). The Hall–Kier alpha value is 0.586. The van der Waals surface area contributed by atoms with Crippen molar-refractivity contribution < 1.29 is 26.5 Å². The van der Waals surface area contributed by atoms with Crippen molar-refractivity contribution in [2.45, 2.75) is 51.2 Å². The van der Waals surface area contributed by atoms with Crippen molar-refractivity contribution in [3.63, 3.8) is 0 Å². The van der Waals surface area contributed by atoms with Gasteiger partial charge < -0.3 is 33.4 Å². The Morgan fingerprint density at radius 2 is 1.47 bits per heavy atom. The molecule has 0 aliphatic carbocycles. The van der Waals surface area contributed by atoms with Gasteiger partial charge in [0.05, 0.1) is 0 Å². The molecule has 84 valence electrons. The Bertz CT molecular complexity index is 146. The fourth-order valence-electron chi connectivity index (χ4n) is 1.43. The van der Waals surface area contributed by atoms with E-state index in [2.05, 4.69) is 6.92 Å². The standard InChI is InChI=1S/C11H19O2.BrH.Mg/c1-2-3-4-5-6-7-8-11-12-9-10-13-11;;/h9-11H,1-8H2;1H;/q-1;;+2/p-1. The van der Waals surface area contributed by atoms with Gasteiger partial charge in [-0.15, -0.1) is 0 Å². The van der Waals surface area contributed by atoms with E-state index in [1.165, 1.54) is 32.1 Å². The minimum absolute atomic E-state index is 0. The van der Waals surface area contributed by atoms with Crippen LogP contribution in [-0.2, 0) is 9.47 Å². The summed E-state index contributed by atoms with van der Waals surface area (Å²) in [4.78, 5) is 0. The number of hydrogen-bond acceptors (Lipinski definition) is 2. The minimum atomic E-state index is -0.00663. The number of halogens is 1. The zero-order valence-corrected chi connectivity index (χ0v) is 12.3. The summed E-state index contributed by atoms with van der Waals surface area (Å²) in [5.74, 6) is 0. The van der Waals surface area contributed by atoms with E-state index in [0.29, 0.717) is 0 Å². The molecular formula is C11H19BrMgO2. The SMILES string of the molecule is [Br-].[CH2-]CCCCCCCC1OC=CO1.[Mg+2]. The Balaban J connectivity index is 0. The summed E-state index contributed by atoms with van der Waals surface area (Å²) in [6.07, 6.45) is 11.7. The monoisotopic (exact) mass is 286 g/mol. The summed E-state index contributed by atoms with van der Waals surface area (Å²) in [6, 6.07) is 0. The molecule has 4 heteroatoms. The molecule has 1 heterocycles. The summed E-state index contributed by atoms with van der Waals surface area (Å²) in [7, 11) is 0. The summed E-state index contributed by atoms with van der Waals surface area (Å²) in [5.41, 5.74) is 0. The van der Waals surface area contributed by atoms with Crippen molar-refractivity contribution in [3.05, 3.63) is 19.4 Å². The Morgan fingerprint density at radius 1 is 0.933 bits per heavy atom. The maximum atomic E-state index is 5.17. The number of unbranched alkanes of at least 4 members (excludes halogenated alkanes) is 5. The largest absolute Gasteiger partial charge is 2.00 e. The summed E-state index contributed by atoms with van der Waals surface area (Å²) >= 11 is 0. The Kier molecular flexibility index (Phi) is 15.2. The summed E-state index contributed by atoms with van der Waals surface area (Å²) < 4.78 is 10.3. The van der Waals surface area contributed by atoms with Crippen molar-refractivity contribution in [1.82, 2.24) is 0 Å². The van der Waals surface area contributed by atoms with Crippen molar-refractivity contribution in [3.8, 4) is 0 Å². The van der Waals surface area contributed by atoms with Crippen LogP contribution in [0.1, 0.15) is 44.9 Å².